The molecule has 3 heterocycles. The summed E-state index contributed by atoms with van der Waals surface area (Å²) in [4.78, 5) is 26.2. The number of carbonyl (C=O) groups is 2. The Kier molecular flexibility index (Phi) is 4.52. The maximum absolute atomic E-state index is 12.9. The molecule has 1 saturated heterocycles. The molecule has 2 aliphatic rings. The summed E-state index contributed by atoms with van der Waals surface area (Å²) < 4.78 is 10.6. The molecule has 1 fully saturated rings. The number of hydrogen-bond donors (Lipinski definition) is 3. The van der Waals surface area contributed by atoms with Crippen LogP contribution in [0.5, 0.6) is 0 Å². The number of imide groups is 1. The quantitative estimate of drug-likeness (QED) is 0.601. The van der Waals surface area contributed by atoms with Crippen LogP contribution >= 0.6 is 0 Å². The number of benzene rings is 1. The molecular formula is C18H18N2O7. The van der Waals surface area contributed by atoms with Gasteiger partial charge in [0.1, 0.15) is 30.1 Å². The van der Waals surface area contributed by atoms with Crippen LogP contribution in [0.3, 0.4) is 0 Å². The molecule has 0 bridgehead atoms. The van der Waals surface area contributed by atoms with Gasteiger partial charge in [0, 0.05) is 11.5 Å². The van der Waals surface area contributed by atoms with Gasteiger partial charge in [-0.25, -0.2) is 0 Å². The Morgan fingerprint density at radius 1 is 1.15 bits per heavy atom. The second-order valence-corrected chi connectivity index (χ2v) is 6.58. The van der Waals surface area contributed by atoms with E-state index in [1.165, 1.54) is 12.2 Å². The van der Waals surface area contributed by atoms with Crippen molar-refractivity contribution in [2.75, 3.05) is 6.61 Å². The Morgan fingerprint density at radius 2 is 1.93 bits per heavy atom. The van der Waals surface area contributed by atoms with Gasteiger partial charge in [0.25, 0.3) is 5.91 Å². The molecule has 3 unspecified atom stereocenters. The fourth-order valence-corrected chi connectivity index (χ4v) is 3.48. The number of fused-ring (bicyclic) bond motifs is 1. The Bertz CT molecular complexity index is 908. The molecule has 9 nitrogen and oxygen atoms in total. The average molecular weight is 374 g/mol. The van der Waals surface area contributed by atoms with Gasteiger partial charge in [0.2, 0.25) is 5.91 Å². The molecule has 5 atom stereocenters. The fraction of sp³-hybridized carbons (Fsp3) is 0.389. The molecule has 0 radical (unpaired) electrons. The predicted molar refractivity (Wildman–Crippen MR) is 90.0 cm³/mol. The molecule has 0 saturated carbocycles. The number of aliphatic hydroxyl groups is 3. The van der Waals surface area contributed by atoms with Crippen LogP contribution in [0, 0.1) is 5.92 Å². The van der Waals surface area contributed by atoms with Crippen molar-refractivity contribution in [1.82, 2.24) is 10.1 Å². The van der Waals surface area contributed by atoms with E-state index in [-0.39, 0.29) is 6.54 Å². The van der Waals surface area contributed by atoms with Crippen LogP contribution in [0.25, 0.3) is 11.0 Å². The summed E-state index contributed by atoms with van der Waals surface area (Å²) >= 11 is 0. The number of amides is 2. The Balaban J connectivity index is 1.59. The molecule has 3 N–H and O–H groups in total. The van der Waals surface area contributed by atoms with Crippen molar-refractivity contribution in [3.63, 3.8) is 0 Å². The fourth-order valence-electron chi connectivity index (χ4n) is 3.48. The molecule has 27 heavy (non-hydrogen) atoms. The van der Waals surface area contributed by atoms with Gasteiger partial charge in [-0.15, -0.1) is 0 Å². The maximum Gasteiger partial charge on any atom is 0.253 e. The number of rotatable bonds is 4. The van der Waals surface area contributed by atoms with Crippen LogP contribution in [-0.2, 0) is 20.9 Å². The van der Waals surface area contributed by atoms with Gasteiger partial charge in [-0.1, -0.05) is 23.4 Å². The van der Waals surface area contributed by atoms with Gasteiger partial charge in [0.05, 0.1) is 19.1 Å². The molecular weight excluding hydrogens is 356 g/mol. The number of aromatic nitrogens is 1. The number of ether oxygens (including phenoxy) is 1. The lowest BCUT2D eigenvalue weighted by molar-refractivity contribution is -0.150. The van der Waals surface area contributed by atoms with Crippen LogP contribution in [0.2, 0.25) is 0 Å². The molecule has 4 rings (SSSR count). The minimum atomic E-state index is -1.36. The Morgan fingerprint density at radius 3 is 2.67 bits per heavy atom. The Labute approximate surface area is 153 Å². The molecule has 1 aromatic heterocycles. The van der Waals surface area contributed by atoms with Gasteiger partial charge in [-0.05, 0) is 12.1 Å². The van der Waals surface area contributed by atoms with Crippen molar-refractivity contribution in [3.05, 3.63) is 42.1 Å². The van der Waals surface area contributed by atoms with E-state index >= 15 is 0 Å². The first-order chi connectivity index (χ1) is 13.0. The molecule has 2 aliphatic heterocycles. The van der Waals surface area contributed by atoms with Gasteiger partial charge < -0.3 is 24.6 Å². The minimum absolute atomic E-state index is 0.0929. The summed E-state index contributed by atoms with van der Waals surface area (Å²) in [5.74, 6) is -2.07. The van der Waals surface area contributed by atoms with Crippen LogP contribution in [-0.4, -0.2) is 68.2 Å². The van der Waals surface area contributed by atoms with E-state index < -0.39 is 48.8 Å². The summed E-state index contributed by atoms with van der Waals surface area (Å²) in [6, 6.07) is 7.09. The smallest absolute Gasteiger partial charge is 0.253 e. The standard InChI is InChI=1S/C18H18N2O7/c21-8-13-15(23)16(24)17(26-13)10-5-6-14(22)20(18(10)25)7-11-9-3-1-2-4-12(9)27-19-11/h1-6,10,13,15-17,21,23-24H,7-8H2/t10?,13-,15?,16?,17+/m1/s1. The molecule has 2 aromatic rings. The lowest BCUT2D eigenvalue weighted by Gasteiger charge is -2.30. The van der Waals surface area contributed by atoms with E-state index in [2.05, 4.69) is 5.16 Å². The third-order valence-corrected chi connectivity index (χ3v) is 4.96. The first-order valence-corrected chi connectivity index (χ1v) is 8.50. The van der Waals surface area contributed by atoms with E-state index in [0.717, 1.165) is 4.90 Å². The third-order valence-electron chi connectivity index (χ3n) is 4.96. The van der Waals surface area contributed by atoms with E-state index in [1.807, 2.05) is 0 Å². The number of carbonyl (C=O) groups excluding carboxylic acids is 2. The summed E-state index contributed by atoms with van der Waals surface area (Å²) in [6.45, 7) is -0.586. The van der Waals surface area contributed by atoms with Crippen molar-refractivity contribution in [1.29, 1.82) is 0 Å². The number of nitrogens with zero attached hydrogens (tertiary/aromatic N) is 2. The predicted octanol–water partition coefficient (Wildman–Crippen LogP) is -0.650. The van der Waals surface area contributed by atoms with Crippen molar-refractivity contribution in [2.24, 2.45) is 5.92 Å². The van der Waals surface area contributed by atoms with E-state index in [0.29, 0.717) is 16.7 Å². The number of para-hydroxylation sites is 1. The van der Waals surface area contributed by atoms with Gasteiger partial charge in [-0.2, -0.15) is 0 Å². The first kappa shape index (κ1) is 17.8. The highest BCUT2D eigenvalue weighted by atomic mass is 16.6. The van der Waals surface area contributed by atoms with Crippen LogP contribution in [0.15, 0.2) is 40.9 Å². The van der Waals surface area contributed by atoms with Crippen LogP contribution in [0.1, 0.15) is 5.69 Å². The molecule has 0 spiro atoms. The van der Waals surface area contributed by atoms with Crippen molar-refractivity contribution in [3.8, 4) is 0 Å². The monoisotopic (exact) mass is 374 g/mol. The Hall–Kier alpha value is -2.59. The van der Waals surface area contributed by atoms with E-state index in [1.54, 1.807) is 24.3 Å². The number of aliphatic hydroxyl groups excluding tert-OH is 3. The highest BCUT2D eigenvalue weighted by molar-refractivity contribution is 6.05. The largest absolute Gasteiger partial charge is 0.394 e. The lowest BCUT2D eigenvalue weighted by atomic mass is 9.92. The lowest BCUT2D eigenvalue weighted by Crippen LogP contribution is -2.48. The zero-order valence-corrected chi connectivity index (χ0v) is 14.1. The van der Waals surface area contributed by atoms with Crippen molar-refractivity contribution in [2.45, 2.75) is 31.0 Å². The molecule has 2 amide bonds. The maximum atomic E-state index is 12.9. The highest BCUT2D eigenvalue weighted by Crippen LogP contribution is 2.31. The second-order valence-electron chi connectivity index (χ2n) is 6.58. The molecule has 1 aromatic carbocycles. The van der Waals surface area contributed by atoms with Crippen LogP contribution < -0.4 is 0 Å². The average Bonchev–Trinajstić information content (AvgIpc) is 3.21. The van der Waals surface area contributed by atoms with Crippen molar-refractivity contribution < 1.29 is 34.2 Å². The van der Waals surface area contributed by atoms with Gasteiger partial charge in [0.15, 0.2) is 5.58 Å². The zero-order valence-electron chi connectivity index (χ0n) is 14.1. The van der Waals surface area contributed by atoms with E-state index in [4.69, 9.17) is 9.26 Å². The SMILES string of the molecule is O=C1C=CC([C@@H]2O[C@H](CO)C(O)C2O)C(=O)N1Cc1noc2ccccc12. The zero-order chi connectivity index (χ0) is 19.1. The van der Waals surface area contributed by atoms with E-state index in [9.17, 15) is 24.9 Å². The second kappa shape index (κ2) is 6.86. The minimum Gasteiger partial charge on any atom is -0.394 e. The first-order valence-electron chi connectivity index (χ1n) is 8.50. The molecule has 0 aliphatic carbocycles. The topological polar surface area (TPSA) is 133 Å². The summed E-state index contributed by atoms with van der Waals surface area (Å²) in [7, 11) is 0. The summed E-state index contributed by atoms with van der Waals surface area (Å²) in [5.41, 5.74) is 0.975. The van der Waals surface area contributed by atoms with Gasteiger partial charge >= 0.3 is 0 Å². The molecule has 9 heteroatoms. The summed E-state index contributed by atoms with van der Waals surface area (Å²) in [6.07, 6.45) is -2.15. The summed E-state index contributed by atoms with van der Waals surface area (Å²) in [5, 5.41) is 33.9. The third kappa shape index (κ3) is 2.94. The molecule has 142 valence electrons. The van der Waals surface area contributed by atoms with Gasteiger partial charge in [-0.3, -0.25) is 14.5 Å². The highest BCUT2D eigenvalue weighted by Gasteiger charge is 2.49. The van der Waals surface area contributed by atoms with Crippen molar-refractivity contribution >= 4 is 22.8 Å². The number of hydrogen-bond acceptors (Lipinski definition) is 8. The van der Waals surface area contributed by atoms with Crippen LogP contribution in [0.4, 0.5) is 0 Å². The normalized spacial score (nSPS) is 31.2.